The van der Waals surface area contributed by atoms with Gasteiger partial charge in [0.25, 0.3) is 10.0 Å². The van der Waals surface area contributed by atoms with Gasteiger partial charge in [0.05, 0.1) is 23.3 Å². The lowest BCUT2D eigenvalue weighted by Gasteiger charge is -2.13. The van der Waals surface area contributed by atoms with Crippen molar-refractivity contribution in [3.8, 4) is 5.75 Å². The van der Waals surface area contributed by atoms with Crippen LogP contribution in [0.3, 0.4) is 0 Å². The molecule has 0 radical (unpaired) electrons. The number of carboxylic acids is 1. The van der Waals surface area contributed by atoms with Gasteiger partial charge < -0.3 is 9.84 Å². The van der Waals surface area contributed by atoms with Crippen LogP contribution < -0.4 is 9.46 Å². The van der Waals surface area contributed by atoms with Crippen molar-refractivity contribution in [3.63, 3.8) is 0 Å². The van der Waals surface area contributed by atoms with Crippen molar-refractivity contribution in [2.75, 3.05) is 11.8 Å². The number of halogens is 1. The Balaban J connectivity index is 2.08. The Bertz CT molecular complexity index is 1120. The van der Waals surface area contributed by atoms with Crippen molar-refractivity contribution in [2.45, 2.75) is 4.90 Å². The van der Waals surface area contributed by atoms with Gasteiger partial charge in [-0.2, -0.15) is 0 Å². The minimum atomic E-state index is -4.15. The number of pyridine rings is 1. The highest BCUT2D eigenvalue weighted by molar-refractivity contribution is 7.92. The topological polar surface area (TPSA) is 106 Å². The van der Waals surface area contributed by atoms with Crippen LogP contribution in [0.15, 0.2) is 53.6 Å². The Labute approximate surface area is 148 Å². The highest BCUT2D eigenvalue weighted by Crippen LogP contribution is 2.31. The van der Waals surface area contributed by atoms with E-state index in [0.29, 0.717) is 16.7 Å². The number of aromatic carboxylic acids is 1. The number of carboxylic acid groups (broad SMARTS) is 1. The Hall–Kier alpha value is -3.20. The summed E-state index contributed by atoms with van der Waals surface area (Å²) in [4.78, 5) is 14.8. The number of aromatic nitrogens is 1. The molecule has 0 spiro atoms. The Kier molecular flexibility index (Phi) is 4.47. The molecule has 3 aromatic rings. The number of hydrogen-bond acceptors (Lipinski definition) is 5. The second kappa shape index (κ2) is 6.60. The smallest absolute Gasteiger partial charge is 0.338 e. The van der Waals surface area contributed by atoms with Crippen molar-refractivity contribution in [2.24, 2.45) is 0 Å². The minimum Gasteiger partial charge on any atom is -0.494 e. The number of anilines is 1. The monoisotopic (exact) mass is 376 g/mol. The molecule has 0 saturated carbocycles. The van der Waals surface area contributed by atoms with Crippen molar-refractivity contribution in [3.05, 3.63) is 60.0 Å². The van der Waals surface area contributed by atoms with Crippen LogP contribution >= 0.6 is 0 Å². The molecule has 0 bridgehead atoms. The number of carbonyl (C=O) groups is 1. The van der Waals surface area contributed by atoms with Crippen molar-refractivity contribution in [1.29, 1.82) is 0 Å². The molecule has 26 heavy (non-hydrogen) atoms. The summed E-state index contributed by atoms with van der Waals surface area (Å²) in [5.41, 5.74) is -0.0373. The van der Waals surface area contributed by atoms with E-state index in [2.05, 4.69) is 9.71 Å². The SMILES string of the molecule is COc1ccc(NS(=O)(=O)c2ccc(F)c(C(=O)O)c2)c2cccnc12. The van der Waals surface area contributed by atoms with Gasteiger partial charge in [-0.05, 0) is 42.5 Å². The average molecular weight is 376 g/mol. The van der Waals surface area contributed by atoms with Crippen molar-refractivity contribution >= 4 is 32.6 Å². The zero-order chi connectivity index (χ0) is 18.9. The first kappa shape index (κ1) is 17.6. The van der Waals surface area contributed by atoms with E-state index in [0.717, 1.165) is 18.2 Å². The van der Waals surface area contributed by atoms with Gasteiger partial charge in [0.1, 0.15) is 17.1 Å². The van der Waals surface area contributed by atoms with Crippen LogP contribution in [-0.2, 0) is 10.0 Å². The number of ether oxygens (including phenoxy) is 1. The molecular formula is C17H13FN2O5S. The molecule has 0 fully saturated rings. The van der Waals surface area contributed by atoms with E-state index in [4.69, 9.17) is 9.84 Å². The average Bonchev–Trinajstić information content (AvgIpc) is 2.61. The third-order valence-corrected chi connectivity index (χ3v) is 5.04. The van der Waals surface area contributed by atoms with Crippen LogP contribution in [-0.4, -0.2) is 31.6 Å². The molecule has 7 nitrogen and oxygen atoms in total. The Morgan fingerprint density at radius 2 is 2.00 bits per heavy atom. The number of nitrogens with one attached hydrogen (secondary N) is 1. The summed E-state index contributed by atoms with van der Waals surface area (Å²) in [7, 11) is -2.67. The molecule has 0 aliphatic carbocycles. The number of fused-ring (bicyclic) bond motifs is 1. The highest BCUT2D eigenvalue weighted by Gasteiger charge is 2.20. The van der Waals surface area contributed by atoms with E-state index in [9.17, 15) is 17.6 Å². The maximum atomic E-state index is 13.5. The van der Waals surface area contributed by atoms with Gasteiger partial charge in [0, 0.05) is 11.6 Å². The molecule has 0 atom stereocenters. The zero-order valence-corrected chi connectivity index (χ0v) is 14.2. The van der Waals surface area contributed by atoms with Gasteiger partial charge in [-0.15, -0.1) is 0 Å². The number of benzene rings is 2. The van der Waals surface area contributed by atoms with Gasteiger partial charge in [-0.3, -0.25) is 9.71 Å². The molecule has 0 unspecified atom stereocenters. The third kappa shape index (κ3) is 3.16. The lowest BCUT2D eigenvalue weighted by molar-refractivity contribution is 0.0691. The highest BCUT2D eigenvalue weighted by atomic mass is 32.2. The molecular weight excluding hydrogens is 363 g/mol. The summed E-state index contributed by atoms with van der Waals surface area (Å²) in [6.45, 7) is 0. The van der Waals surface area contributed by atoms with Crippen LogP contribution in [0.5, 0.6) is 5.75 Å². The van der Waals surface area contributed by atoms with Crippen molar-refractivity contribution in [1.82, 2.24) is 4.98 Å². The van der Waals surface area contributed by atoms with E-state index in [-0.39, 0.29) is 10.6 Å². The first-order valence-corrected chi connectivity index (χ1v) is 8.79. The second-order valence-corrected chi connectivity index (χ2v) is 6.95. The van der Waals surface area contributed by atoms with Crippen LogP contribution in [0.4, 0.5) is 10.1 Å². The molecule has 2 N–H and O–H groups in total. The van der Waals surface area contributed by atoms with E-state index in [1.165, 1.54) is 13.2 Å². The van der Waals surface area contributed by atoms with Crippen LogP contribution in [0.2, 0.25) is 0 Å². The van der Waals surface area contributed by atoms with E-state index < -0.39 is 27.4 Å². The first-order valence-electron chi connectivity index (χ1n) is 7.31. The van der Waals surface area contributed by atoms with Gasteiger partial charge in [-0.1, -0.05) is 0 Å². The predicted molar refractivity (Wildman–Crippen MR) is 92.5 cm³/mol. The fraction of sp³-hybridized carbons (Fsp3) is 0.0588. The minimum absolute atomic E-state index is 0.232. The molecule has 2 aromatic carbocycles. The molecule has 3 rings (SSSR count). The summed E-state index contributed by atoms with van der Waals surface area (Å²) in [6.07, 6.45) is 1.54. The summed E-state index contributed by atoms with van der Waals surface area (Å²) in [5.74, 6) is -2.10. The molecule has 1 heterocycles. The second-order valence-electron chi connectivity index (χ2n) is 5.27. The number of rotatable bonds is 5. The number of sulfonamides is 1. The molecule has 0 saturated heterocycles. The summed E-state index contributed by atoms with van der Waals surface area (Å²) in [5, 5.41) is 9.46. The van der Waals surface area contributed by atoms with Gasteiger partial charge in [0.15, 0.2) is 0 Å². The maximum Gasteiger partial charge on any atom is 0.338 e. The van der Waals surface area contributed by atoms with Gasteiger partial charge >= 0.3 is 5.97 Å². The summed E-state index contributed by atoms with van der Waals surface area (Å²) in [6, 6.07) is 8.92. The van der Waals surface area contributed by atoms with E-state index in [1.807, 2.05) is 0 Å². The number of nitrogens with zero attached hydrogens (tertiary/aromatic N) is 1. The first-order chi connectivity index (χ1) is 12.3. The zero-order valence-electron chi connectivity index (χ0n) is 13.4. The van der Waals surface area contributed by atoms with Gasteiger partial charge in [0.2, 0.25) is 0 Å². The number of methoxy groups -OCH3 is 1. The quantitative estimate of drug-likeness (QED) is 0.709. The number of hydrogen-bond donors (Lipinski definition) is 2. The lowest BCUT2D eigenvalue weighted by Crippen LogP contribution is -2.14. The normalized spacial score (nSPS) is 11.3. The van der Waals surface area contributed by atoms with E-state index in [1.54, 1.807) is 24.4 Å². The fourth-order valence-corrected chi connectivity index (χ4v) is 3.55. The lowest BCUT2D eigenvalue weighted by atomic mass is 10.2. The van der Waals surface area contributed by atoms with Crippen LogP contribution in [0.1, 0.15) is 10.4 Å². The molecule has 9 heteroatoms. The van der Waals surface area contributed by atoms with Gasteiger partial charge in [-0.25, -0.2) is 17.6 Å². The Morgan fingerprint density at radius 1 is 1.23 bits per heavy atom. The standard InChI is InChI=1S/C17H13FN2O5S/c1-25-15-7-6-14(11-3-2-8-19-16(11)15)20-26(23,24)10-4-5-13(18)12(9-10)17(21)22/h2-9,20H,1H3,(H,21,22). The fourth-order valence-electron chi connectivity index (χ4n) is 2.44. The molecule has 0 aliphatic heterocycles. The third-order valence-electron chi connectivity index (χ3n) is 3.68. The Morgan fingerprint density at radius 3 is 2.69 bits per heavy atom. The largest absolute Gasteiger partial charge is 0.494 e. The van der Waals surface area contributed by atoms with Crippen LogP contribution in [0.25, 0.3) is 10.9 Å². The van der Waals surface area contributed by atoms with Crippen molar-refractivity contribution < 1.29 is 27.4 Å². The van der Waals surface area contributed by atoms with Crippen LogP contribution in [0, 0.1) is 5.82 Å². The molecule has 134 valence electrons. The van der Waals surface area contributed by atoms with E-state index >= 15 is 0 Å². The summed E-state index contributed by atoms with van der Waals surface area (Å²) < 4.78 is 46.3. The molecule has 0 amide bonds. The maximum absolute atomic E-state index is 13.5. The summed E-state index contributed by atoms with van der Waals surface area (Å²) >= 11 is 0. The molecule has 1 aromatic heterocycles. The predicted octanol–water partition coefficient (Wildman–Crippen LogP) is 2.88. The molecule has 0 aliphatic rings.